The maximum atomic E-state index is 6.06. The number of aromatic nitrogens is 1. The van der Waals surface area contributed by atoms with Crippen molar-refractivity contribution in [2.45, 2.75) is 20.4 Å². The van der Waals surface area contributed by atoms with Gasteiger partial charge in [-0.3, -0.25) is 0 Å². The molecule has 2 rings (SSSR count). The summed E-state index contributed by atoms with van der Waals surface area (Å²) in [4.78, 5) is 13.4. The van der Waals surface area contributed by atoms with Crippen molar-refractivity contribution < 1.29 is 0 Å². The van der Waals surface area contributed by atoms with E-state index in [0.29, 0.717) is 12.5 Å². The Morgan fingerprint density at radius 1 is 1.32 bits per heavy atom. The van der Waals surface area contributed by atoms with Crippen LogP contribution in [0, 0.1) is 0 Å². The first-order valence-electron chi connectivity index (χ1n) is 7.57. The van der Waals surface area contributed by atoms with Gasteiger partial charge in [-0.05, 0) is 25.5 Å². The molecule has 1 aromatic rings. The molecule has 5 nitrogen and oxygen atoms in total. The highest BCUT2D eigenvalue weighted by atomic mass is 127. The van der Waals surface area contributed by atoms with Crippen molar-refractivity contribution in [2.75, 3.05) is 42.6 Å². The van der Waals surface area contributed by atoms with Crippen molar-refractivity contribution in [3.05, 3.63) is 23.9 Å². The van der Waals surface area contributed by atoms with E-state index < -0.39 is 0 Å². The van der Waals surface area contributed by atoms with E-state index in [1.807, 2.05) is 18.0 Å². The van der Waals surface area contributed by atoms with Crippen LogP contribution in [0.2, 0.25) is 0 Å². The average Bonchev–Trinajstić information content (AvgIpc) is 2.55. The van der Waals surface area contributed by atoms with Gasteiger partial charge in [-0.2, -0.15) is 11.8 Å². The van der Waals surface area contributed by atoms with Crippen LogP contribution in [-0.2, 0) is 6.54 Å². The summed E-state index contributed by atoms with van der Waals surface area (Å²) >= 11 is 1.97. The highest BCUT2D eigenvalue weighted by Crippen LogP contribution is 2.12. The van der Waals surface area contributed by atoms with Crippen LogP contribution >= 0.6 is 35.7 Å². The number of nitrogens with two attached hydrogens (primary N) is 1. The quantitative estimate of drug-likeness (QED) is 0.438. The topological polar surface area (TPSA) is 57.8 Å². The zero-order valence-corrected chi connectivity index (χ0v) is 16.5. The van der Waals surface area contributed by atoms with Crippen molar-refractivity contribution >= 4 is 47.5 Å². The standard InChI is InChI=1S/C15H25N5S.HI/c1-3-19(4-2)14-6-5-13(11-17-14)12-18-15(16)20-7-9-21-10-8-20;/h5-6,11H,3-4,7-10,12H2,1-2H3,(H2,16,18);1H. The molecule has 1 saturated heterocycles. The summed E-state index contributed by atoms with van der Waals surface area (Å²) in [5, 5.41) is 0. The SMILES string of the molecule is CCN(CC)c1ccc(CN=C(N)N2CCSCC2)cn1.I. The average molecular weight is 435 g/mol. The molecule has 1 fully saturated rings. The molecule has 0 spiro atoms. The van der Waals surface area contributed by atoms with E-state index in [0.717, 1.165) is 49.1 Å². The van der Waals surface area contributed by atoms with Crippen LogP contribution in [-0.4, -0.2) is 53.5 Å². The molecule has 124 valence electrons. The molecule has 0 aliphatic carbocycles. The van der Waals surface area contributed by atoms with Crippen molar-refractivity contribution in [3.63, 3.8) is 0 Å². The fourth-order valence-corrected chi connectivity index (χ4v) is 3.21. The van der Waals surface area contributed by atoms with Crippen LogP contribution in [0.25, 0.3) is 0 Å². The first-order chi connectivity index (χ1) is 10.2. The number of halogens is 1. The molecule has 0 amide bonds. The molecular weight excluding hydrogens is 409 g/mol. The minimum Gasteiger partial charge on any atom is -0.370 e. The molecule has 0 bridgehead atoms. The monoisotopic (exact) mass is 435 g/mol. The Morgan fingerprint density at radius 2 is 2.00 bits per heavy atom. The van der Waals surface area contributed by atoms with E-state index in [4.69, 9.17) is 5.73 Å². The lowest BCUT2D eigenvalue weighted by Gasteiger charge is -2.27. The second-order valence-corrected chi connectivity index (χ2v) is 6.20. The van der Waals surface area contributed by atoms with Gasteiger partial charge >= 0.3 is 0 Å². The lowest BCUT2D eigenvalue weighted by atomic mass is 10.3. The maximum Gasteiger partial charge on any atom is 0.191 e. The van der Waals surface area contributed by atoms with Gasteiger partial charge in [0, 0.05) is 43.9 Å². The highest BCUT2D eigenvalue weighted by molar-refractivity contribution is 14.0. The molecule has 2 N–H and O–H groups in total. The molecule has 1 aliphatic heterocycles. The minimum absolute atomic E-state index is 0. The summed E-state index contributed by atoms with van der Waals surface area (Å²) < 4.78 is 0. The number of rotatable bonds is 5. The first-order valence-corrected chi connectivity index (χ1v) is 8.72. The molecule has 1 aromatic heterocycles. The fourth-order valence-electron chi connectivity index (χ4n) is 2.31. The van der Waals surface area contributed by atoms with Crippen LogP contribution in [0.5, 0.6) is 0 Å². The molecule has 0 radical (unpaired) electrons. The number of hydrogen-bond acceptors (Lipinski definition) is 4. The van der Waals surface area contributed by atoms with Gasteiger partial charge in [-0.15, -0.1) is 24.0 Å². The van der Waals surface area contributed by atoms with Crippen LogP contribution < -0.4 is 10.6 Å². The Hall–Kier alpha value is -0.700. The summed E-state index contributed by atoms with van der Waals surface area (Å²) in [7, 11) is 0. The zero-order valence-electron chi connectivity index (χ0n) is 13.4. The molecule has 0 saturated carbocycles. The Labute approximate surface area is 154 Å². The van der Waals surface area contributed by atoms with Gasteiger partial charge in [0.2, 0.25) is 0 Å². The van der Waals surface area contributed by atoms with Crippen LogP contribution in [0.15, 0.2) is 23.3 Å². The number of nitrogens with zero attached hydrogens (tertiary/aromatic N) is 4. The molecule has 2 heterocycles. The third-order valence-electron chi connectivity index (χ3n) is 3.66. The highest BCUT2D eigenvalue weighted by Gasteiger charge is 2.11. The summed E-state index contributed by atoms with van der Waals surface area (Å²) in [5.74, 6) is 3.95. The van der Waals surface area contributed by atoms with E-state index in [2.05, 4.69) is 45.8 Å². The Morgan fingerprint density at radius 3 is 2.55 bits per heavy atom. The predicted octanol–water partition coefficient (Wildman–Crippen LogP) is 2.41. The molecule has 0 aromatic carbocycles. The lowest BCUT2D eigenvalue weighted by molar-refractivity contribution is 0.455. The molecular formula is C15H26IN5S. The van der Waals surface area contributed by atoms with E-state index in [1.54, 1.807) is 0 Å². The number of anilines is 1. The van der Waals surface area contributed by atoms with Crippen molar-refractivity contribution in [1.29, 1.82) is 0 Å². The summed E-state index contributed by atoms with van der Waals surface area (Å²) in [6, 6.07) is 4.15. The summed E-state index contributed by atoms with van der Waals surface area (Å²) in [6.45, 7) is 8.82. The van der Waals surface area contributed by atoms with Crippen molar-refractivity contribution in [1.82, 2.24) is 9.88 Å². The summed E-state index contributed by atoms with van der Waals surface area (Å²) in [6.07, 6.45) is 1.90. The third-order valence-corrected chi connectivity index (χ3v) is 4.60. The lowest BCUT2D eigenvalue weighted by Crippen LogP contribution is -2.42. The number of aliphatic imine (C=N–C) groups is 1. The van der Waals surface area contributed by atoms with Gasteiger partial charge in [0.25, 0.3) is 0 Å². The Balaban J connectivity index is 0.00000242. The van der Waals surface area contributed by atoms with E-state index >= 15 is 0 Å². The molecule has 0 atom stereocenters. The van der Waals surface area contributed by atoms with Crippen LogP contribution in [0.4, 0.5) is 5.82 Å². The second kappa shape index (κ2) is 10.1. The molecule has 0 unspecified atom stereocenters. The van der Waals surface area contributed by atoms with Crippen molar-refractivity contribution in [2.24, 2.45) is 10.7 Å². The zero-order chi connectivity index (χ0) is 15.1. The van der Waals surface area contributed by atoms with Gasteiger partial charge in [-0.1, -0.05) is 6.07 Å². The van der Waals surface area contributed by atoms with Crippen LogP contribution in [0.1, 0.15) is 19.4 Å². The number of pyridine rings is 1. The Bertz CT molecular complexity index is 456. The van der Waals surface area contributed by atoms with Gasteiger partial charge < -0.3 is 15.5 Å². The molecule has 1 aliphatic rings. The molecule has 7 heteroatoms. The van der Waals surface area contributed by atoms with Gasteiger partial charge in [0.05, 0.1) is 6.54 Å². The third kappa shape index (κ3) is 5.49. The van der Waals surface area contributed by atoms with E-state index in [1.165, 1.54) is 0 Å². The van der Waals surface area contributed by atoms with Gasteiger partial charge in [0.15, 0.2) is 5.96 Å². The summed E-state index contributed by atoms with van der Waals surface area (Å²) in [5.41, 5.74) is 7.15. The van der Waals surface area contributed by atoms with Gasteiger partial charge in [0.1, 0.15) is 5.82 Å². The van der Waals surface area contributed by atoms with E-state index in [9.17, 15) is 0 Å². The number of thioether (sulfide) groups is 1. The van der Waals surface area contributed by atoms with Crippen LogP contribution in [0.3, 0.4) is 0 Å². The number of guanidine groups is 1. The number of hydrogen-bond donors (Lipinski definition) is 1. The largest absolute Gasteiger partial charge is 0.370 e. The smallest absolute Gasteiger partial charge is 0.191 e. The van der Waals surface area contributed by atoms with Gasteiger partial charge in [-0.25, -0.2) is 9.98 Å². The molecule has 22 heavy (non-hydrogen) atoms. The Kier molecular flexibility index (Phi) is 8.92. The normalized spacial score (nSPS) is 15.4. The maximum absolute atomic E-state index is 6.06. The minimum atomic E-state index is 0. The predicted molar refractivity (Wildman–Crippen MR) is 107 cm³/mol. The first kappa shape index (κ1) is 19.3. The second-order valence-electron chi connectivity index (χ2n) is 4.97. The fraction of sp³-hybridized carbons (Fsp3) is 0.600. The van der Waals surface area contributed by atoms with Crippen molar-refractivity contribution in [3.8, 4) is 0 Å². The van der Waals surface area contributed by atoms with E-state index in [-0.39, 0.29) is 24.0 Å².